The molecule has 1 aromatic carbocycles. The Bertz CT molecular complexity index is 429. The van der Waals surface area contributed by atoms with Gasteiger partial charge < -0.3 is 10.4 Å². The molecule has 2 N–H and O–H groups in total. The van der Waals surface area contributed by atoms with Gasteiger partial charge in [0.15, 0.2) is 0 Å². The lowest BCUT2D eigenvalue weighted by Crippen LogP contribution is -2.10. The van der Waals surface area contributed by atoms with Gasteiger partial charge in [-0.3, -0.25) is 0 Å². The maximum absolute atomic E-state index is 10.3. The molecule has 1 aliphatic heterocycles. The minimum absolute atomic E-state index is 0.659. The second kappa shape index (κ2) is 5.07. The van der Waals surface area contributed by atoms with Crippen molar-refractivity contribution >= 4 is 23.4 Å². The fourth-order valence-electron chi connectivity index (χ4n) is 1.61. The van der Waals surface area contributed by atoms with E-state index in [-0.39, 0.29) is 0 Å². The number of carbonyl (C=O) groups is 1. The number of aliphatic carboxylic acids is 1. The topological polar surface area (TPSA) is 49.3 Å². The highest BCUT2D eigenvalue weighted by atomic mass is 32.2. The molecule has 1 aliphatic rings. The van der Waals surface area contributed by atoms with Crippen LogP contribution < -0.4 is 5.32 Å². The number of nitrogens with one attached hydrogen (secondary N) is 1. The lowest BCUT2D eigenvalue weighted by atomic mass is 10.1. The summed E-state index contributed by atoms with van der Waals surface area (Å²) in [5, 5.41) is 11.8. The first kappa shape index (κ1) is 11.1. The van der Waals surface area contributed by atoms with E-state index < -0.39 is 5.97 Å². The van der Waals surface area contributed by atoms with Gasteiger partial charge in [0.2, 0.25) is 0 Å². The summed E-state index contributed by atoms with van der Waals surface area (Å²) in [5.74, 6) is 0.206. The smallest absolute Gasteiger partial charge is 0.327 e. The predicted molar refractivity (Wildman–Crippen MR) is 66.1 cm³/mol. The van der Waals surface area contributed by atoms with E-state index in [9.17, 15) is 4.79 Å². The van der Waals surface area contributed by atoms with Crippen LogP contribution in [0.5, 0.6) is 0 Å². The average molecular weight is 235 g/mol. The average Bonchev–Trinajstić information content (AvgIpc) is 2.28. The van der Waals surface area contributed by atoms with Gasteiger partial charge in [-0.15, -0.1) is 11.8 Å². The van der Waals surface area contributed by atoms with Crippen LogP contribution in [0.25, 0.3) is 0 Å². The van der Waals surface area contributed by atoms with Crippen molar-refractivity contribution in [1.29, 1.82) is 0 Å². The van der Waals surface area contributed by atoms with Crippen LogP contribution in [0.2, 0.25) is 0 Å². The lowest BCUT2D eigenvalue weighted by Gasteiger charge is -2.17. The van der Waals surface area contributed by atoms with Crippen LogP contribution in [0.3, 0.4) is 0 Å². The first-order valence-corrected chi connectivity index (χ1v) is 6.13. The molecule has 0 saturated carbocycles. The maximum Gasteiger partial charge on any atom is 0.327 e. The zero-order valence-corrected chi connectivity index (χ0v) is 9.59. The number of hydrogen-bond acceptors (Lipinski definition) is 3. The number of rotatable bonds is 3. The van der Waals surface area contributed by atoms with Crippen molar-refractivity contribution in [3.8, 4) is 0 Å². The molecule has 0 aromatic heterocycles. The standard InChI is InChI=1S/C12H13NO2S/c14-12(15)3-1-2-9-4-5-11-10(8-9)13-6-7-16-11/h1,3-5,8,13H,2,6-7H2,(H,14,15)/b3-1+. The predicted octanol–water partition coefficient (Wildman–Crippen LogP) is 2.39. The molecule has 0 amide bonds. The Labute approximate surface area is 98.6 Å². The van der Waals surface area contributed by atoms with Crippen LogP contribution >= 0.6 is 11.8 Å². The molecule has 0 spiro atoms. The van der Waals surface area contributed by atoms with Crippen molar-refractivity contribution in [1.82, 2.24) is 0 Å². The Hall–Kier alpha value is -1.42. The van der Waals surface area contributed by atoms with Crippen LogP contribution in [0.4, 0.5) is 5.69 Å². The second-order valence-corrected chi connectivity index (χ2v) is 4.69. The number of fused-ring (bicyclic) bond motifs is 1. The zero-order valence-electron chi connectivity index (χ0n) is 8.77. The Kier molecular flexibility index (Phi) is 3.51. The Morgan fingerprint density at radius 2 is 2.44 bits per heavy atom. The molecule has 0 atom stereocenters. The molecular formula is C12H13NO2S. The van der Waals surface area contributed by atoms with Gasteiger partial charge in [-0.2, -0.15) is 0 Å². The number of allylic oxidation sites excluding steroid dienone is 1. The van der Waals surface area contributed by atoms with E-state index in [1.165, 1.54) is 11.0 Å². The second-order valence-electron chi connectivity index (χ2n) is 3.55. The molecule has 0 unspecified atom stereocenters. The van der Waals surface area contributed by atoms with Gasteiger partial charge in [-0.25, -0.2) is 4.79 Å². The molecule has 84 valence electrons. The van der Waals surface area contributed by atoms with E-state index in [1.807, 2.05) is 17.8 Å². The highest BCUT2D eigenvalue weighted by Gasteiger charge is 2.08. The number of benzene rings is 1. The van der Waals surface area contributed by atoms with Gasteiger partial charge in [0, 0.05) is 29.0 Å². The third-order valence-corrected chi connectivity index (χ3v) is 3.41. The van der Waals surface area contributed by atoms with Crippen LogP contribution in [0.15, 0.2) is 35.2 Å². The molecule has 2 rings (SSSR count). The summed E-state index contributed by atoms with van der Waals surface area (Å²) >= 11 is 1.85. The number of hydrogen-bond donors (Lipinski definition) is 2. The first-order chi connectivity index (χ1) is 7.75. The molecule has 3 nitrogen and oxygen atoms in total. The van der Waals surface area contributed by atoms with Gasteiger partial charge in [0.05, 0.1) is 0 Å². The molecule has 0 saturated heterocycles. The van der Waals surface area contributed by atoms with Gasteiger partial charge in [0.1, 0.15) is 0 Å². The van der Waals surface area contributed by atoms with Gasteiger partial charge in [-0.05, 0) is 24.1 Å². The SMILES string of the molecule is O=C(O)/C=C/Cc1ccc2c(c1)NCCS2. The molecule has 0 radical (unpaired) electrons. The van der Waals surface area contributed by atoms with Crippen molar-refractivity contribution in [2.75, 3.05) is 17.6 Å². The summed E-state index contributed by atoms with van der Waals surface area (Å²) < 4.78 is 0. The van der Waals surface area contributed by atoms with Crippen molar-refractivity contribution < 1.29 is 9.90 Å². The molecule has 0 fully saturated rings. The van der Waals surface area contributed by atoms with Crippen molar-refractivity contribution in [3.05, 3.63) is 35.9 Å². The van der Waals surface area contributed by atoms with E-state index in [0.29, 0.717) is 6.42 Å². The largest absolute Gasteiger partial charge is 0.478 e. The van der Waals surface area contributed by atoms with Gasteiger partial charge in [0.25, 0.3) is 0 Å². The fraction of sp³-hybridized carbons (Fsp3) is 0.250. The molecule has 0 bridgehead atoms. The summed E-state index contributed by atoms with van der Waals surface area (Å²) in [4.78, 5) is 11.6. The van der Waals surface area contributed by atoms with Crippen LogP contribution in [0.1, 0.15) is 5.56 Å². The van der Waals surface area contributed by atoms with Crippen molar-refractivity contribution in [2.45, 2.75) is 11.3 Å². The van der Waals surface area contributed by atoms with E-state index in [4.69, 9.17) is 5.11 Å². The number of thioether (sulfide) groups is 1. The number of anilines is 1. The third kappa shape index (κ3) is 2.79. The van der Waals surface area contributed by atoms with Crippen molar-refractivity contribution in [3.63, 3.8) is 0 Å². The van der Waals surface area contributed by atoms with Crippen LogP contribution in [0, 0.1) is 0 Å². The fourth-order valence-corrected chi connectivity index (χ4v) is 2.49. The summed E-state index contributed by atoms with van der Waals surface area (Å²) in [6.07, 6.45) is 3.51. The molecule has 0 aliphatic carbocycles. The molecule has 1 aromatic rings. The molecular weight excluding hydrogens is 222 g/mol. The molecule has 4 heteroatoms. The summed E-state index contributed by atoms with van der Waals surface area (Å²) in [7, 11) is 0. The zero-order chi connectivity index (χ0) is 11.4. The lowest BCUT2D eigenvalue weighted by molar-refractivity contribution is -0.131. The number of carboxylic acid groups (broad SMARTS) is 1. The first-order valence-electron chi connectivity index (χ1n) is 5.15. The maximum atomic E-state index is 10.3. The summed E-state index contributed by atoms with van der Waals surface area (Å²) in [6, 6.07) is 6.23. The summed E-state index contributed by atoms with van der Waals surface area (Å²) in [6.45, 7) is 0.992. The highest BCUT2D eigenvalue weighted by molar-refractivity contribution is 7.99. The number of carboxylic acids is 1. The highest BCUT2D eigenvalue weighted by Crippen LogP contribution is 2.31. The van der Waals surface area contributed by atoms with E-state index >= 15 is 0 Å². The Balaban J connectivity index is 2.08. The summed E-state index contributed by atoms with van der Waals surface area (Å²) in [5.41, 5.74) is 2.30. The Morgan fingerprint density at radius 1 is 1.56 bits per heavy atom. The monoisotopic (exact) mass is 235 g/mol. The minimum Gasteiger partial charge on any atom is -0.478 e. The molecule has 16 heavy (non-hydrogen) atoms. The quantitative estimate of drug-likeness (QED) is 0.790. The Morgan fingerprint density at radius 3 is 3.25 bits per heavy atom. The van der Waals surface area contributed by atoms with Gasteiger partial charge >= 0.3 is 5.97 Å². The van der Waals surface area contributed by atoms with Crippen LogP contribution in [-0.2, 0) is 11.2 Å². The van der Waals surface area contributed by atoms with E-state index in [1.54, 1.807) is 6.08 Å². The van der Waals surface area contributed by atoms with Gasteiger partial charge in [-0.1, -0.05) is 12.1 Å². The van der Waals surface area contributed by atoms with Crippen LogP contribution in [-0.4, -0.2) is 23.4 Å². The van der Waals surface area contributed by atoms with E-state index in [0.717, 1.165) is 23.5 Å². The normalized spacial score (nSPS) is 14.5. The third-order valence-electron chi connectivity index (χ3n) is 2.33. The van der Waals surface area contributed by atoms with Crippen molar-refractivity contribution in [2.24, 2.45) is 0 Å². The molecule has 1 heterocycles. The van der Waals surface area contributed by atoms with E-state index in [2.05, 4.69) is 17.4 Å². The minimum atomic E-state index is -0.897.